The van der Waals surface area contributed by atoms with Crippen molar-refractivity contribution in [1.82, 2.24) is 20.3 Å². The Bertz CT molecular complexity index is 305. The molecule has 9 N–H and O–H groups in total. The van der Waals surface area contributed by atoms with Crippen molar-refractivity contribution in [2.75, 3.05) is 23.7 Å². The van der Waals surface area contributed by atoms with E-state index >= 15 is 0 Å². The summed E-state index contributed by atoms with van der Waals surface area (Å²) in [6.07, 6.45) is 2.09. The molecular formula is C8H18N8O. The summed E-state index contributed by atoms with van der Waals surface area (Å²) in [5, 5.41) is 2.49. The van der Waals surface area contributed by atoms with E-state index in [1.165, 1.54) is 0 Å². The summed E-state index contributed by atoms with van der Waals surface area (Å²) in [7, 11) is 0. The minimum absolute atomic E-state index is 0.0417. The summed E-state index contributed by atoms with van der Waals surface area (Å²) in [6.45, 7) is 2.76. The average molecular weight is 242 g/mol. The number of anilines is 3. The lowest BCUT2D eigenvalue weighted by atomic mass is 10.3. The van der Waals surface area contributed by atoms with Crippen LogP contribution in [0.1, 0.15) is 19.8 Å². The minimum Gasteiger partial charge on any atom is -0.368 e. The van der Waals surface area contributed by atoms with Gasteiger partial charge >= 0.3 is 6.03 Å². The number of nitrogens with one attached hydrogen (secondary N) is 1. The summed E-state index contributed by atoms with van der Waals surface area (Å²) in [5.41, 5.74) is 20.2. The number of nitrogen functional groups attached to an aromatic ring is 3. The second-order valence-corrected chi connectivity index (χ2v) is 3.05. The molecule has 2 amide bonds. The number of hydrogen-bond acceptors (Lipinski definition) is 7. The van der Waals surface area contributed by atoms with Crippen molar-refractivity contribution in [3.63, 3.8) is 0 Å². The largest absolute Gasteiger partial charge is 0.368 e. The van der Waals surface area contributed by atoms with Crippen LogP contribution in [0.4, 0.5) is 22.6 Å². The number of hydrogen-bond donors (Lipinski definition) is 5. The molecule has 0 aliphatic rings. The number of carbonyl (C=O) groups excluding carboxylic acids is 1. The molecule has 9 nitrogen and oxygen atoms in total. The Morgan fingerprint density at radius 1 is 1.12 bits per heavy atom. The first-order chi connectivity index (χ1) is 7.95. The summed E-state index contributed by atoms with van der Waals surface area (Å²) in [5.74, 6) is 0.125. The third kappa shape index (κ3) is 8.66. The fraction of sp³-hybridized carbons (Fsp3) is 0.500. The zero-order chi connectivity index (χ0) is 13.3. The summed E-state index contributed by atoms with van der Waals surface area (Å²) >= 11 is 0. The topological polar surface area (TPSA) is 172 Å². The van der Waals surface area contributed by atoms with Crippen LogP contribution in [0.2, 0.25) is 0 Å². The molecule has 0 aromatic carbocycles. The summed E-state index contributed by atoms with van der Waals surface area (Å²) in [6, 6.07) is -0.432. The van der Waals surface area contributed by atoms with Crippen LogP contribution in [0, 0.1) is 0 Å². The van der Waals surface area contributed by atoms with Crippen LogP contribution < -0.4 is 28.3 Å². The van der Waals surface area contributed by atoms with Gasteiger partial charge in [0.1, 0.15) is 0 Å². The molecule has 0 radical (unpaired) electrons. The molecule has 9 heteroatoms. The molecular weight excluding hydrogens is 224 g/mol. The Morgan fingerprint density at radius 3 is 1.82 bits per heavy atom. The predicted octanol–water partition coefficient (Wildman–Crippen LogP) is -0.927. The van der Waals surface area contributed by atoms with Gasteiger partial charge in [-0.05, 0) is 6.42 Å². The van der Waals surface area contributed by atoms with Gasteiger partial charge in [0.2, 0.25) is 17.8 Å². The molecule has 1 aromatic heterocycles. The zero-order valence-corrected chi connectivity index (χ0v) is 9.68. The average Bonchev–Trinajstić information content (AvgIpc) is 2.16. The lowest BCUT2D eigenvalue weighted by Crippen LogP contribution is -2.29. The molecule has 0 atom stereocenters. The van der Waals surface area contributed by atoms with Gasteiger partial charge in [-0.25, -0.2) is 4.79 Å². The molecule has 0 saturated heterocycles. The van der Waals surface area contributed by atoms with Gasteiger partial charge in [0, 0.05) is 6.54 Å². The highest BCUT2D eigenvalue weighted by molar-refractivity contribution is 5.71. The van der Waals surface area contributed by atoms with Crippen LogP contribution >= 0.6 is 0 Å². The fourth-order valence-corrected chi connectivity index (χ4v) is 0.815. The number of urea groups is 1. The number of nitrogens with zero attached hydrogens (tertiary/aromatic N) is 3. The SMILES string of the molecule is CCCCNC(N)=O.Nc1nc(N)nc(N)n1. The highest BCUT2D eigenvalue weighted by Gasteiger charge is 1.93. The monoisotopic (exact) mass is 242 g/mol. The molecule has 0 bridgehead atoms. The number of nitrogens with two attached hydrogens (primary N) is 4. The first kappa shape index (κ1) is 14.7. The number of aromatic nitrogens is 3. The first-order valence-corrected chi connectivity index (χ1v) is 5.01. The molecule has 96 valence electrons. The van der Waals surface area contributed by atoms with E-state index < -0.39 is 6.03 Å². The summed E-state index contributed by atoms with van der Waals surface area (Å²) < 4.78 is 0. The maximum Gasteiger partial charge on any atom is 0.312 e. The van der Waals surface area contributed by atoms with Gasteiger partial charge < -0.3 is 28.3 Å². The van der Waals surface area contributed by atoms with Crippen molar-refractivity contribution in [3.8, 4) is 0 Å². The number of unbranched alkanes of at least 4 members (excludes halogenated alkanes) is 1. The second kappa shape index (κ2) is 7.91. The maximum atomic E-state index is 9.99. The zero-order valence-electron chi connectivity index (χ0n) is 9.68. The van der Waals surface area contributed by atoms with E-state index in [0.29, 0.717) is 6.54 Å². The number of amides is 2. The lowest BCUT2D eigenvalue weighted by molar-refractivity contribution is 0.249. The molecule has 1 rings (SSSR count). The van der Waals surface area contributed by atoms with Crippen LogP contribution in [0.15, 0.2) is 0 Å². The highest BCUT2D eigenvalue weighted by Crippen LogP contribution is 1.97. The van der Waals surface area contributed by atoms with E-state index in [4.69, 9.17) is 22.9 Å². The van der Waals surface area contributed by atoms with E-state index in [0.717, 1.165) is 12.8 Å². The maximum absolute atomic E-state index is 9.99. The standard InChI is InChI=1S/C5H12N2O.C3H6N6/c1-2-3-4-7-5(6)8;4-1-7-2(5)9-3(6)8-1/h2-4H2,1H3,(H3,6,7,8);(H6,4,5,6,7,8,9). The van der Waals surface area contributed by atoms with Gasteiger partial charge in [-0.15, -0.1) is 0 Å². The van der Waals surface area contributed by atoms with Crippen molar-refractivity contribution >= 4 is 23.9 Å². The fourth-order valence-electron chi connectivity index (χ4n) is 0.815. The number of rotatable bonds is 3. The third-order valence-corrected chi connectivity index (χ3v) is 1.52. The van der Waals surface area contributed by atoms with Crippen molar-refractivity contribution in [1.29, 1.82) is 0 Å². The van der Waals surface area contributed by atoms with E-state index in [2.05, 4.69) is 27.2 Å². The normalized spacial score (nSPS) is 9.00. The van der Waals surface area contributed by atoms with Crippen LogP contribution in [0.5, 0.6) is 0 Å². The van der Waals surface area contributed by atoms with Crippen LogP contribution in [0.3, 0.4) is 0 Å². The van der Waals surface area contributed by atoms with Crippen molar-refractivity contribution < 1.29 is 4.79 Å². The van der Waals surface area contributed by atoms with Gasteiger partial charge in [-0.3, -0.25) is 0 Å². The van der Waals surface area contributed by atoms with Gasteiger partial charge in [0.25, 0.3) is 0 Å². The van der Waals surface area contributed by atoms with Crippen LogP contribution in [-0.2, 0) is 0 Å². The minimum atomic E-state index is -0.432. The van der Waals surface area contributed by atoms with Crippen LogP contribution in [-0.4, -0.2) is 27.5 Å². The molecule has 17 heavy (non-hydrogen) atoms. The van der Waals surface area contributed by atoms with Gasteiger partial charge in [0.05, 0.1) is 0 Å². The quantitative estimate of drug-likeness (QED) is 0.426. The lowest BCUT2D eigenvalue weighted by Gasteiger charge is -1.96. The molecule has 0 aliphatic carbocycles. The highest BCUT2D eigenvalue weighted by atomic mass is 16.2. The molecule has 0 fully saturated rings. The molecule has 0 unspecified atom stereocenters. The first-order valence-electron chi connectivity index (χ1n) is 5.01. The van der Waals surface area contributed by atoms with E-state index in [1.807, 2.05) is 0 Å². The Morgan fingerprint density at radius 2 is 1.53 bits per heavy atom. The Balaban J connectivity index is 0.000000304. The molecule has 0 spiro atoms. The Hall–Kier alpha value is -2.32. The van der Waals surface area contributed by atoms with Crippen molar-refractivity contribution in [3.05, 3.63) is 0 Å². The third-order valence-electron chi connectivity index (χ3n) is 1.52. The summed E-state index contributed by atoms with van der Waals surface area (Å²) in [4.78, 5) is 20.4. The predicted molar refractivity (Wildman–Crippen MR) is 65.6 cm³/mol. The van der Waals surface area contributed by atoms with E-state index in [-0.39, 0.29) is 17.8 Å². The van der Waals surface area contributed by atoms with E-state index in [9.17, 15) is 4.79 Å². The van der Waals surface area contributed by atoms with E-state index in [1.54, 1.807) is 0 Å². The van der Waals surface area contributed by atoms with Crippen molar-refractivity contribution in [2.24, 2.45) is 5.73 Å². The number of carbonyl (C=O) groups is 1. The second-order valence-electron chi connectivity index (χ2n) is 3.05. The molecule has 1 aromatic rings. The molecule has 0 aliphatic heterocycles. The van der Waals surface area contributed by atoms with Gasteiger partial charge in [-0.2, -0.15) is 15.0 Å². The Labute approximate surface area is 99.0 Å². The van der Waals surface area contributed by atoms with Crippen molar-refractivity contribution in [2.45, 2.75) is 19.8 Å². The number of primary amides is 1. The molecule has 1 heterocycles. The smallest absolute Gasteiger partial charge is 0.312 e. The molecule has 0 saturated carbocycles. The Kier molecular flexibility index (Phi) is 6.83. The van der Waals surface area contributed by atoms with Crippen LogP contribution in [0.25, 0.3) is 0 Å². The van der Waals surface area contributed by atoms with Gasteiger partial charge in [0.15, 0.2) is 0 Å². The van der Waals surface area contributed by atoms with Gasteiger partial charge in [-0.1, -0.05) is 13.3 Å².